The zero-order chi connectivity index (χ0) is 26.1. The number of carbonyl (C=O) groups excluding carboxylic acids is 2. The smallest absolute Gasteiger partial charge is 0.303 e. The molecular formula is C30H27ClN2O4. The Morgan fingerprint density at radius 1 is 0.973 bits per heavy atom. The Labute approximate surface area is 220 Å². The first-order valence-electron chi connectivity index (χ1n) is 12.3. The highest BCUT2D eigenvalue weighted by molar-refractivity contribution is 6.30. The number of para-hydroxylation sites is 2. The molecule has 0 bridgehead atoms. The van der Waals surface area contributed by atoms with Gasteiger partial charge in [0.15, 0.2) is 5.78 Å². The van der Waals surface area contributed by atoms with Crippen molar-refractivity contribution >= 4 is 40.6 Å². The molecule has 1 aliphatic carbocycles. The molecular weight excluding hydrogens is 488 g/mol. The van der Waals surface area contributed by atoms with E-state index in [0.717, 1.165) is 22.4 Å². The first kappa shape index (κ1) is 24.8. The number of ketones is 1. The lowest BCUT2D eigenvalue weighted by molar-refractivity contribution is -0.138. The number of benzene rings is 3. The fourth-order valence-corrected chi connectivity index (χ4v) is 5.46. The Balaban J connectivity index is 1.68. The second kappa shape index (κ2) is 10.2. The van der Waals surface area contributed by atoms with E-state index in [-0.39, 0.29) is 36.9 Å². The summed E-state index contributed by atoms with van der Waals surface area (Å²) in [6.07, 6.45) is 0.405. The van der Waals surface area contributed by atoms with Crippen LogP contribution in [0.1, 0.15) is 54.3 Å². The van der Waals surface area contributed by atoms with Crippen LogP contribution in [0.2, 0.25) is 5.02 Å². The first-order valence-corrected chi connectivity index (χ1v) is 12.7. The maximum Gasteiger partial charge on any atom is 0.303 e. The molecule has 0 radical (unpaired) electrons. The molecule has 0 saturated heterocycles. The third-order valence-electron chi connectivity index (χ3n) is 7.02. The molecule has 5 rings (SSSR count). The van der Waals surface area contributed by atoms with Crippen LogP contribution in [0.3, 0.4) is 0 Å². The van der Waals surface area contributed by atoms with Gasteiger partial charge >= 0.3 is 5.97 Å². The number of allylic oxidation sites excluding steroid dienone is 1. The summed E-state index contributed by atoms with van der Waals surface area (Å²) in [6, 6.07) is 22.1. The van der Waals surface area contributed by atoms with Gasteiger partial charge in [0.25, 0.3) is 0 Å². The molecule has 0 saturated carbocycles. The lowest BCUT2D eigenvalue weighted by atomic mass is 9.78. The Bertz CT molecular complexity index is 1410. The van der Waals surface area contributed by atoms with E-state index in [1.807, 2.05) is 79.7 Å². The van der Waals surface area contributed by atoms with Crippen LogP contribution in [0.15, 0.2) is 84.1 Å². The number of nitrogens with one attached hydrogen (secondary N) is 1. The second-order valence-electron chi connectivity index (χ2n) is 9.59. The highest BCUT2D eigenvalue weighted by Crippen LogP contribution is 2.47. The molecule has 3 aromatic rings. The van der Waals surface area contributed by atoms with Crippen LogP contribution in [0.4, 0.5) is 11.4 Å². The van der Waals surface area contributed by atoms with Gasteiger partial charge in [-0.05, 0) is 54.7 Å². The fraction of sp³-hybridized carbons (Fsp3) is 0.233. The van der Waals surface area contributed by atoms with Crippen molar-refractivity contribution in [1.29, 1.82) is 0 Å². The van der Waals surface area contributed by atoms with Gasteiger partial charge in [0.1, 0.15) is 0 Å². The van der Waals surface area contributed by atoms with Crippen LogP contribution < -0.4 is 10.2 Å². The van der Waals surface area contributed by atoms with Crippen molar-refractivity contribution in [2.45, 2.75) is 44.6 Å². The molecule has 37 heavy (non-hydrogen) atoms. The van der Waals surface area contributed by atoms with Crippen LogP contribution in [-0.4, -0.2) is 22.8 Å². The number of hydrogen-bond donors (Lipinski definition) is 2. The number of amides is 1. The average molecular weight is 515 g/mol. The fourth-order valence-electron chi connectivity index (χ4n) is 5.26. The number of hydrogen-bond acceptors (Lipinski definition) is 4. The molecule has 0 aromatic heterocycles. The SMILES string of the molecule is Cc1ccc([C@@H]2C3=C(C[C@H](c4cccc(Cl)c4)CC3=O)Nc3ccccc3N2C(=O)CCC(=O)O)cc1. The molecule has 1 amide bonds. The lowest BCUT2D eigenvalue weighted by Crippen LogP contribution is -2.38. The van der Waals surface area contributed by atoms with Gasteiger partial charge in [-0.2, -0.15) is 0 Å². The van der Waals surface area contributed by atoms with E-state index in [9.17, 15) is 19.5 Å². The van der Waals surface area contributed by atoms with Gasteiger partial charge in [-0.15, -0.1) is 0 Å². The van der Waals surface area contributed by atoms with E-state index >= 15 is 0 Å². The highest BCUT2D eigenvalue weighted by atomic mass is 35.5. The average Bonchev–Trinajstić information content (AvgIpc) is 3.02. The summed E-state index contributed by atoms with van der Waals surface area (Å²) in [5.41, 5.74) is 5.49. The van der Waals surface area contributed by atoms with Gasteiger partial charge in [-0.3, -0.25) is 19.3 Å². The van der Waals surface area contributed by atoms with Gasteiger partial charge < -0.3 is 10.4 Å². The minimum absolute atomic E-state index is 0.0480. The summed E-state index contributed by atoms with van der Waals surface area (Å²) >= 11 is 6.25. The molecule has 0 unspecified atom stereocenters. The molecule has 6 nitrogen and oxygen atoms in total. The summed E-state index contributed by atoms with van der Waals surface area (Å²) in [7, 11) is 0. The van der Waals surface area contributed by atoms with Crippen molar-refractivity contribution in [3.8, 4) is 0 Å². The maximum absolute atomic E-state index is 13.9. The number of aryl methyl sites for hydroxylation is 1. The van der Waals surface area contributed by atoms with E-state index in [1.54, 1.807) is 4.90 Å². The predicted molar refractivity (Wildman–Crippen MR) is 144 cm³/mol. The normalized spacial score (nSPS) is 19.0. The Hall–Kier alpha value is -3.90. The van der Waals surface area contributed by atoms with Gasteiger partial charge in [-0.1, -0.05) is 65.7 Å². The number of fused-ring (bicyclic) bond motifs is 1. The standard InChI is InChI=1S/C30H27ClN2O4/c1-18-9-11-19(12-10-18)30-29-24(16-21(17-26(29)34)20-5-4-6-22(31)15-20)32-23-7-2-3-8-25(23)33(30)27(35)13-14-28(36)37/h2-12,15,21,30,32H,13-14,16-17H2,1H3,(H,36,37)/t21-,30+/m0/s1. The Morgan fingerprint density at radius 2 is 1.73 bits per heavy atom. The van der Waals surface area contributed by atoms with Crippen molar-refractivity contribution in [1.82, 2.24) is 0 Å². The maximum atomic E-state index is 13.9. The van der Waals surface area contributed by atoms with Crippen molar-refractivity contribution in [2.24, 2.45) is 0 Å². The monoisotopic (exact) mass is 514 g/mol. The Morgan fingerprint density at radius 3 is 2.46 bits per heavy atom. The molecule has 0 spiro atoms. The van der Waals surface area contributed by atoms with Crippen LogP contribution in [0, 0.1) is 6.92 Å². The number of carboxylic acids is 1. The van der Waals surface area contributed by atoms with Crippen molar-refractivity contribution in [2.75, 3.05) is 10.2 Å². The van der Waals surface area contributed by atoms with Crippen LogP contribution >= 0.6 is 11.6 Å². The second-order valence-corrected chi connectivity index (χ2v) is 10.0. The molecule has 7 heteroatoms. The van der Waals surface area contributed by atoms with Crippen LogP contribution in [-0.2, 0) is 14.4 Å². The van der Waals surface area contributed by atoms with Crippen molar-refractivity contribution in [3.05, 3.63) is 106 Å². The molecule has 1 aliphatic heterocycles. The molecule has 3 aromatic carbocycles. The predicted octanol–water partition coefficient (Wildman–Crippen LogP) is 6.41. The number of Topliss-reactive ketones (excluding diaryl/α,β-unsaturated/α-hetero) is 1. The summed E-state index contributed by atoms with van der Waals surface area (Å²) in [6.45, 7) is 1.98. The van der Waals surface area contributed by atoms with Crippen LogP contribution in [0.5, 0.6) is 0 Å². The van der Waals surface area contributed by atoms with E-state index in [2.05, 4.69) is 5.32 Å². The summed E-state index contributed by atoms with van der Waals surface area (Å²) in [4.78, 5) is 40.5. The summed E-state index contributed by atoms with van der Waals surface area (Å²) < 4.78 is 0. The van der Waals surface area contributed by atoms with Gasteiger partial charge in [-0.25, -0.2) is 0 Å². The number of nitrogens with zero attached hydrogens (tertiary/aromatic N) is 1. The zero-order valence-corrected chi connectivity index (χ0v) is 21.2. The first-order chi connectivity index (χ1) is 17.8. The molecule has 188 valence electrons. The minimum Gasteiger partial charge on any atom is -0.481 e. The zero-order valence-electron chi connectivity index (χ0n) is 20.4. The van der Waals surface area contributed by atoms with Gasteiger partial charge in [0.05, 0.1) is 23.8 Å². The van der Waals surface area contributed by atoms with E-state index < -0.39 is 12.0 Å². The van der Waals surface area contributed by atoms with Gasteiger partial charge in [0, 0.05) is 29.1 Å². The molecule has 2 aliphatic rings. The third kappa shape index (κ3) is 5.02. The number of carbonyl (C=O) groups is 3. The summed E-state index contributed by atoms with van der Waals surface area (Å²) in [5.74, 6) is -1.49. The van der Waals surface area contributed by atoms with Crippen molar-refractivity contribution < 1.29 is 19.5 Å². The number of carboxylic acid groups (broad SMARTS) is 1. The van der Waals surface area contributed by atoms with E-state index in [4.69, 9.17) is 11.6 Å². The van der Waals surface area contributed by atoms with Gasteiger partial charge in [0.2, 0.25) is 5.91 Å². The largest absolute Gasteiger partial charge is 0.481 e. The minimum atomic E-state index is -1.04. The lowest BCUT2D eigenvalue weighted by Gasteiger charge is -2.35. The number of halogens is 1. The highest BCUT2D eigenvalue weighted by Gasteiger charge is 2.41. The molecule has 1 heterocycles. The topological polar surface area (TPSA) is 86.7 Å². The molecule has 0 fully saturated rings. The number of rotatable bonds is 5. The molecule has 2 N–H and O–H groups in total. The van der Waals surface area contributed by atoms with Crippen molar-refractivity contribution in [3.63, 3.8) is 0 Å². The van der Waals surface area contributed by atoms with E-state index in [0.29, 0.717) is 28.4 Å². The third-order valence-corrected chi connectivity index (χ3v) is 7.26. The Kier molecular flexibility index (Phi) is 6.85. The van der Waals surface area contributed by atoms with Crippen LogP contribution in [0.25, 0.3) is 0 Å². The summed E-state index contributed by atoms with van der Waals surface area (Å²) in [5, 5.41) is 13.4. The number of anilines is 2. The van der Waals surface area contributed by atoms with E-state index in [1.165, 1.54) is 0 Å². The quantitative estimate of drug-likeness (QED) is 0.410. The molecule has 2 atom stereocenters. The number of aliphatic carboxylic acids is 1.